The smallest absolute Gasteiger partial charge is 0.407 e. The van der Waals surface area contributed by atoms with E-state index in [1.807, 2.05) is 62.9 Å². The molecule has 4 N–H and O–H groups in total. The molecule has 6 atom stereocenters. The Labute approximate surface area is 377 Å². The summed E-state index contributed by atoms with van der Waals surface area (Å²) in [6.07, 6.45) is 3.60. The number of rotatable bonds is 10. The van der Waals surface area contributed by atoms with Gasteiger partial charge in [0.2, 0.25) is 11.8 Å². The van der Waals surface area contributed by atoms with Crippen molar-refractivity contribution >= 4 is 43.1 Å². The fourth-order valence-corrected chi connectivity index (χ4v) is 13.6. The third-order valence-electron chi connectivity index (χ3n) is 14.0. The van der Waals surface area contributed by atoms with Gasteiger partial charge in [-0.3, -0.25) is 9.59 Å². The molecule has 4 aliphatic rings. The lowest BCUT2D eigenvalue weighted by Gasteiger charge is -2.37. The van der Waals surface area contributed by atoms with Crippen LogP contribution in [0.5, 0.6) is 0 Å². The molecule has 2 aromatic heterocycles. The van der Waals surface area contributed by atoms with E-state index in [9.17, 15) is 19.2 Å². The average Bonchev–Trinajstić information content (AvgIpc) is 4.15. The lowest BCUT2D eigenvalue weighted by atomic mass is 9.95. The van der Waals surface area contributed by atoms with Crippen LogP contribution in [-0.2, 0) is 25.0 Å². The van der Waals surface area contributed by atoms with Crippen molar-refractivity contribution in [3.8, 4) is 33.5 Å². The highest BCUT2D eigenvalue weighted by Crippen LogP contribution is 2.53. The molecular formula is C48H56F2N8O6Si. The van der Waals surface area contributed by atoms with Gasteiger partial charge >= 0.3 is 12.2 Å². The monoisotopic (exact) mass is 906 g/mol. The number of H-pyrrole nitrogens is 2. The first-order chi connectivity index (χ1) is 30.9. The fourth-order valence-electron chi connectivity index (χ4n) is 10.7. The molecule has 2 aliphatic carbocycles. The first kappa shape index (κ1) is 44.1. The summed E-state index contributed by atoms with van der Waals surface area (Å²) in [5.74, 6) is -2.55. The Morgan fingerprint density at radius 1 is 0.800 bits per heavy atom. The Balaban J connectivity index is 0.962. The third kappa shape index (κ3) is 7.74. The second-order valence-electron chi connectivity index (χ2n) is 19.6. The number of hydrogen-bond donors (Lipinski definition) is 4. The van der Waals surface area contributed by atoms with Crippen LogP contribution in [0.15, 0.2) is 60.8 Å². The van der Waals surface area contributed by atoms with Crippen molar-refractivity contribution in [3.05, 3.63) is 83.6 Å². The molecule has 2 bridgehead atoms. The molecule has 1 saturated carbocycles. The second-order valence-corrected chi connectivity index (χ2v) is 24.7. The highest BCUT2D eigenvalue weighted by Gasteiger charge is 2.52. The standard InChI is InChI=1S/C48H56F2N8O6Si/c1-24(2)39(55-46(61)63-5)44(59)57-23-65(7,8)22-38(57)42-51-21-37(54-42)28-11-15-32-31-14-10-26(18-33(31)48(49,50)34(32)19-28)27-12-16-35-36(20-27)53-43(52-35)41-29-9-13-30(17-29)58(41)45(60)40(25(3)4)56-47(62)64-6/h10-12,14-16,18-21,24-25,29-30,38-41H,9,13,17,22-23H2,1-8H3,(H,51,54)(H,52,53)(H,55,61)(H,56,62)/t29-,30+,38-,39-,40-,41-/m0/s1. The molecule has 3 fully saturated rings. The Kier molecular flexibility index (Phi) is 11.1. The number of nitrogens with one attached hydrogen (secondary N) is 4. The number of imidazole rings is 2. The maximum absolute atomic E-state index is 16.7. The number of amides is 4. The Morgan fingerprint density at radius 2 is 1.40 bits per heavy atom. The number of carbonyl (C=O) groups excluding carboxylic acids is 4. The van der Waals surface area contributed by atoms with Gasteiger partial charge in [0.05, 0.1) is 57.3 Å². The zero-order valence-corrected chi connectivity index (χ0v) is 38.9. The summed E-state index contributed by atoms with van der Waals surface area (Å²) in [4.78, 5) is 72.6. The molecule has 4 amide bonds. The van der Waals surface area contributed by atoms with Crippen LogP contribution >= 0.6 is 0 Å². The van der Waals surface area contributed by atoms with E-state index in [1.165, 1.54) is 20.3 Å². The molecule has 2 saturated heterocycles. The first-order valence-corrected chi connectivity index (χ1v) is 25.8. The molecule has 2 aliphatic heterocycles. The molecule has 5 aromatic rings. The normalized spacial score (nSPS) is 22.3. The SMILES string of the molecule is COC(=O)N[C@H](C(=O)N1C[Si](C)(C)C[C@H]1c1ncc(-c2ccc3c(c2)C(F)(F)c2cc(-c4ccc5nc([C@@H]6[C@H]7CC[C@H](C7)N6C(=O)[C@@H](NC(=O)OC)C(C)C)[nH]c5c4)ccc2-3)[nH]1)C(C)C. The van der Waals surface area contributed by atoms with E-state index in [0.717, 1.165) is 36.4 Å². The minimum Gasteiger partial charge on any atom is -0.453 e. The number of likely N-dealkylation sites (tertiary alicyclic amines) is 1. The van der Waals surface area contributed by atoms with Crippen molar-refractivity contribution in [3.63, 3.8) is 0 Å². The van der Waals surface area contributed by atoms with Gasteiger partial charge in [0, 0.05) is 28.9 Å². The highest BCUT2D eigenvalue weighted by atomic mass is 28.3. The maximum atomic E-state index is 16.7. The number of ether oxygens (including phenoxy) is 2. The minimum absolute atomic E-state index is 0.0446. The predicted molar refractivity (Wildman–Crippen MR) is 243 cm³/mol. The molecule has 0 unspecified atom stereocenters. The van der Waals surface area contributed by atoms with Crippen molar-refractivity contribution in [2.75, 3.05) is 20.4 Å². The van der Waals surface area contributed by atoms with E-state index >= 15 is 8.78 Å². The number of carbonyl (C=O) groups is 4. The van der Waals surface area contributed by atoms with Crippen LogP contribution in [0.2, 0.25) is 19.1 Å². The number of methoxy groups -OCH3 is 2. The van der Waals surface area contributed by atoms with Crippen LogP contribution in [0.4, 0.5) is 18.4 Å². The number of halogens is 2. The van der Waals surface area contributed by atoms with E-state index < -0.39 is 38.3 Å². The van der Waals surface area contributed by atoms with Gasteiger partial charge in [-0.25, -0.2) is 19.6 Å². The first-order valence-electron chi connectivity index (χ1n) is 22.4. The van der Waals surface area contributed by atoms with Crippen molar-refractivity contribution < 1.29 is 37.4 Å². The molecule has 9 rings (SSSR count). The van der Waals surface area contributed by atoms with Gasteiger partial charge in [-0.15, -0.1) is 0 Å². The lowest BCUT2D eigenvalue weighted by Crippen LogP contribution is -2.54. The third-order valence-corrected chi connectivity index (χ3v) is 16.7. The van der Waals surface area contributed by atoms with Gasteiger partial charge in [-0.1, -0.05) is 71.1 Å². The molecule has 17 heteroatoms. The molecule has 4 heterocycles. The van der Waals surface area contributed by atoms with Gasteiger partial charge < -0.3 is 39.9 Å². The minimum atomic E-state index is -3.29. The highest BCUT2D eigenvalue weighted by molar-refractivity contribution is 6.78. The van der Waals surface area contributed by atoms with Crippen LogP contribution in [0.1, 0.15) is 81.8 Å². The van der Waals surface area contributed by atoms with Crippen LogP contribution in [-0.4, -0.2) is 100 Å². The van der Waals surface area contributed by atoms with Crippen LogP contribution in [0.3, 0.4) is 0 Å². The summed E-state index contributed by atoms with van der Waals surface area (Å²) in [5.41, 5.74) is 4.64. The number of benzene rings is 3. The van der Waals surface area contributed by atoms with E-state index in [1.54, 1.807) is 29.3 Å². The fraction of sp³-hybridized carbons (Fsp3) is 0.458. The molecule has 342 valence electrons. The summed E-state index contributed by atoms with van der Waals surface area (Å²) in [5, 5.41) is 5.43. The van der Waals surface area contributed by atoms with E-state index in [0.29, 0.717) is 51.3 Å². The van der Waals surface area contributed by atoms with Crippen molar-refractivity contribution in [2.24, 2.45) is 17.8 Å². The van der Waals surface area contributed by atoms with Crippen molar-refractivity contribution in [1.82, 2.24) is 40.4 Å². The summed E-state index contributed by atoms with van der Waals surface area (Å²) < 4.78 is 43.0. The van der Waals surface area contributed by atoms with E-state index in [4.69, 9.17) is 19.4 Å². The molecule has 3 aromatic carbocycles. The summed E-state index contributed by atoms with van der Waals surface area (Å²) in [7, 11) is 0.661. The quantitative estimate of drug-likeness (QED) is 0.101. The van der Waals surface area contributed by atoms with E-state index in [-0.39, 0.29) is 58.8 Å². The van der Waals surface area contributed by atoms with Gasteiger partial charge in [-0.05, 0) is 89.6 Å². The topological polar surface area (TPSA) is 175 Å². The van der Waals surface area contributed by atoms with Gasteiger partial charge in [0.1, 0.15) is 23.7 Å². The number of aromatic nitrogens is 4. The number of aromatic amines is 2. The number of hydrogen-bond acceptors (Lipinski definition) is 8. The van der Waals surface area contributed by atoms with Crippen LogP contribution in [0.25, 0.3) is 44.5 Å². The molecule has 0 radical (unpaired) electrons. The second kappa shape index (κ2) is 16.4. The zero-order valence-electron chi connectivity index (χ0n) is 37.9. The summed E-state index contributed by atoms with van der Waals surface area (Å²) in [6.45, 7) is 11.9. The number of alkyl carbamates (subject to hydrolysis) is 2. The molecular weight excluding hydrogens is 851 g/mol. The number of fused-ring (bicyclic) bond motifs is 6. The van der Waals surface area contributed by atoms with Crippen LogP contribution < -0.4 is 10.6 Å². The van der Waals surface area contributed by atoms with Crippen molar-refractivity contribution in [2.45, 2.75) is 102 Å². The molecule has 14 nitrogen and oxygen atoms in total. The maximum Gasteiger partial charge on any atom is 0.407 e. The Hall–Kier alpha value is -6.10. The van der Waals surface area contributed by atoms with Crippen molar-refractivity contribution in [1.29, 1.82) is 0 Å². The Morgan fingerprint density at radius 3 is 2.05 bits per heavy atom. The Bertz CT molecular complexity index is 2720. The summed E-state index contributed by atoms with van der Waals surface area (Å²) >= 11 is 0. The predicted octanol–water partition coefficient (Wildman–Crippen LogP) is 8.68. The summed E-state index contributed by atoms with van der Waals surface area (Å²) in [6, 6.07) is 14.5. The zero-order chi connectivity index (χ0) is 46.3. The number of nitrogens with zero attached hydrogens (tertiary/aromatic N) is 4. The van der Waals surface area contributed by atoms with Gasteiger partial charge in [0.15, 0.2) is 0 Å². The lowest BCUT2D eigenvalue weighted by molar-refractivity contribution is -0.139. The number of piperidine rings is 1. The van der Waals surface area contributed by atoms with Crippen LogP contribution in [0, 0.1) is 17.8 Å². The molecule has 65 heavy (non-hydrogen) atoms. The largest absolute Gasteiger partial charge is 0.453 e. The van der Waals surface area contributed by atoms with Gasteiger partial charge in [-0.2, -0.15) is 8.78 Å². The van der Waals surface area contributed by atoms with Gasteiger partial charge in [0.25, 0.3) is 5.92 Å². The molecule has 0 spiro atoms. The number of alkyl halides is 2. The van der Waals surface area contributed by atoms with E-state index in [2.05, 4.69) is 33.7 Å². The average molecular weight is 907 g/mol.